The quantitative estimate of drug-likeness (QED) is 0.311. The van der Waals surface area contributed by atoms with Crippen molar-refractivity contribution in [1.29, 1.82) is 0 Å². The number of primary amides is 1. The highest BCUT2D eigenvalue weighted by Crippen LogP contribution is 2.33. The van der Waals surface area contributed by atoms with Crippen LogP contribution in [0.1, 0.15) is 59.2 Å². The lowest BCUT2D eigenvalue weighted by atomic mass is 10.1. The third-order valence-electron chi connectivity index (χ3n) is 4.26. The molecule has 0 aliphatic heterocycles. The number of carbonyl (C=O) groups is 1. The summed E-state index contributed by atoms with van der Waals surface area (Å²) in [7, 11) is 2.80. The third kappa shape index (κ3) is 12.2. The lowest BCUT2D eigenvalue weighted by Crippen LogP contribution is -2.10. The fourth-order valence-corrected chi connectivity index (χ4v) is 2.29. The molecule has 1 aromatic carbocycles. The van der Waals surface area contributed by atoms with Gasteiger partial charge < -0.3 is 20.9 Å². The van der Waals surface area contributed by atoms with Gasteiger partial charge in [0, 0.05) is 23.2 Å². The summed E-state index contributed by atoms with van der Waals surface area (Å²) >= 11 is 0. The summed E-state index contributed by atoms with van der Waals surface area (Å²) in [6.45, 7) is 12.7. The first kappa shape index (κ1) is 34.0. The van der Waals surface area contributed by atoms with Crippen molar-refractivity contribution in [3.63, 3.8) is 0 Å². The smallest absolute Gasteiger partial charge is 0.433 e. The van der Waals surface area contributed by atoms with Gasteiger partial charge in [-0.15, -0.1) is 0 Å². The van der Waals surface area contributed by atoms with Gasteiger partial charge in [-0.2, -0.15) is 13.2 Å². The number of hydrogen-bond acceptors (Lipinski definition) is 6. The first-order chi connectivity index (χ1) is 16.5. The SMILES string of the molecule is CC.CCC(C)C.COC(=N/C(C)=C/CN)c1ccc(OC)c2nc(C(F)(F)F)ccc12.NC=O. The zero-order valence-corrected chi connectivity index (χ0v) is 21.9. The summed E-state index contributed by atoms with van der Waals surface area (Å²) < 4.78 is 49.3. The number of methoxy groups -OCH3 is 2. The topological polar surface area (TPSA) is 113 Å². The number of fused-ring (bicyclic) bond motifs is 1. The maximum absolute atomic E-state index is 13.0. The Labute approximate surface area is 206 Å². The fraction of sp³-hybridized carbons (Fsp3) is 0.480. The van der Waals surface area contributed by atoms with E-state index in [0.29, 0.717) is 23.2 Å². The number of alkyl halides is 3. The number of halogens is 3. The predicted molar refractivity (Wildman–Crippen MR) is 136 cm³/mol. The van der Waals surface area contributed by atoms with Gasteiger partial charge in [0.1, 0.15) is 17.0 Å². The van der Waals surface area contributed by atoms with Gasteiger partial charge in [-0.05, 0) is 43.2 Å². The maximum Gasteiger partial charge on any atom is 0.433 e. The molecule has 0 saturated heterocycles. The normalized spacial score (nSPS) is 11.3. The summed E-state index contributed by atoms with van der Waals surface area (Å²) in [5.41, 5.74) is 9.84. The number of nitrogens with zero attached hydrogens (tertiary/aromatic N) is 2. The molecule has 0 unspecified atom stereocenters. The molecule has 0 fully saturated rings. The lowest BCUT2D eigenvalue weighted by molar-refractivity contribution is -0.141. The number of aromatic nitrogens is 1. The van der Waals surface area contributed by atoms with Gasteiger partial charge >= 0.3 is 6.18 Å². The molecule has 0 spiro atoms. The molecule has 7 nitrogen and oxygen atoms in total. The van der Waals surface area contributed by atoms with Gasteiger partial charge in [0.15, 0.2) is 0 Å². The summed E-state index contributed by atoms with van der Waals surface area (Å²) in [5.74, 6) is 1.36. The van der Waals surface area contributed by atoms with Crippen molar-refractivity contribution >= 4 is 23.2 Å². The Hall–Kier alpha value is -3.14. The zero-order chi connectivity index (χ0) is 27.6. The molecule has 0 atom stereocenters. The Bertz CT molecular complexity index is 943. The van der Waals surface area contributed by atoms with Crippen molar-refractivity contribution in [3.05, 3.63) is 47.3 Å². The Morgan fingerprint density at radius 3 is 2.11 bits per heavy atom. The second-order valence-corrected chi connectivity index (χ2v) is 7.05. The minimum Gasteiger partial charge on any atom is -0.494 e. The molecule has 0 aliphatic carbocycles. The number of hydrogen-bond donors (Lipinski definition) is 2. The van der Waals surface area contributed by atoms with Crippen molar-refractivity contribution in [2.75, 3.05) is 20.8 Å². The third-order valence-corrected chi connectivity index (χ3v) is 4.26. The van der Waals surface area contributed by atoms with Gasteiger partial charge in [0.2, 0.25) is 12.3 Å². The summed E-state index contributed by atoms with van der Waals surface area (Å²) in [4.78, 5) is 16.6. The second kappa shape index (κ2) is 18.2. The first-order valence-corrected chi connectivity index (χ1v) is 11.2. The van der Waals surface area contributed by atoms with Crippen molar-refractivity contribution in [2.45, 2.75) is 54.1 Å². The van der Waals surface area contributed by atoms with Gasteiger partial charge in [0.05, 0.1) is 14.2 Å². The van der Waals surface area contributed by atoms with E-state index in [1.54, 1.807) is 19.1 Å². The zero-order valence-electron chi connectivity index (χ0n) is 21.9. The van der Waals surface area contributed by atoms with E-state index in [2.05, 4.69) is 36.5 Å². The van der Waals surface area contributed by atoms with Crippen molar-refractivity contribution in [1.82, 2.24) is 4.98 Å². The highest BCUT2D eigenvalue weighted by atomic mass is 19.4. The van der Waals surface area contributed by atoms with Crippen LogP contribution < -0.4 is 16.2 Å². The van der Waals surface area contributed by atoms with Crippen molar-refractivity contribution < 1.29 is 27.4 Å². The van der Waals surface area contributed by atoms with E-state index in [4.69, 9.17) is 20.0 Å². The molecular weight excluding hydrogens is 461 g/mol. The average Bonchev–Trinajstić information content (AvgIpc) is 2.83. The van der Waals surface area contributed by atoms with Gasteiger partial charge in [-0.3, -0.25) is 4.79 Å². The number of pyridine rings is 1. The maximum atomic E-state index is 13.0. The van der Waals surface area contributed by atoms with Crippen LogP contribution in [0.15, 0.2) is 41.0 Å². The lowest BCUT2D eigenvalue weighted by Gasteiger charge is -2.13. The summed E-state index contributed by atoms with van der Waals surface area (Å²) in [5, 5.41) is 0.438. The summed E-state index contributed by atoms with van der Waals surface area (Å²) in [6.07, 6.45) is -1.29. The van der Waals surface area contributed by atoms with Crippen LogP contribution in [-0.4, -0.2) is 38.1 Å². The number of ether oxygens (including phenoxy) is 2. The van der Waals surface area contributed by atoms with Crippen LogP contribution in [0.2, 0.25) is 0 Å². The molecule has 0 bridgehead atoms. The van der Waals surface area contributed by atoms with E-state index in [1.807, 2.05) is 13.8 Å². The van der Waals surface area contributed by atoms with Crippen LogP contribution in [0, 0.1) is 5.92 Å². The minimum atomic E-state index is -4.55. The molecule has 1 aromatic heterocycles. The van der Waals surface area contributed by atoms with E-state index in [1.165, 1.54) is 32.8 Å². The molecular formula is C25H39F3N4O3. The average molecular weight is 501 g/mol. The Morgan fingerprint density at radius 2 is 1.71 bits per heavy atom. The molecule has 10 heteroatoms. The Kier molecular flexibility index (Phi) is 17.7. The molecule has 0 saturated carbocycles. The molecule has 1 amide bonds. The number of aliphatic imine (C=N–C) groups is 1. The van der Waals surface area contributed by atoms with E-state index in [0.717, 1.165) is 12.0 Å². The predicted octanol–water partition coefficient (Wildman–Crippen LogP) is 5.70. The molecule has 2 aromatic rings. The standard InChI is InChI=1S/C17H18F3N3O2.C5H12.C2H6.CH3NO/c1-10(8-9-21)22-16(25-3)12-4-6-13(24-2)15-11(12)5-7-14(23-15)17(18,19)20;1-4-5(2)3;1-2;2-1-3/h4-8H,9,21H2,1-3H3;5H,4H2,1-3H3;1-2H3;1H,(H2,2,3)/b10-8+,22-16?;;;. The van der Waals surface area contributed by atoms with E-state index < -0.39 is 11.9 Å². The highest BCUT2D eigenvalue weighted by molar-refractivity contribution is 6.07. The molecule has 0 radical (unpaired) electrons. The van der Waals surface area contributed by atoms with Gasteiger partial charge in [-0.25, -0.2) is 9.98 Å². The molecule has 2 rings (SSSR count). The van der Waals surface area contributed by atoms with Gasteiger partial charge in [0.25, 0.3) is 0 Å². The van der Waals surface area contributed by atoms with E-state index in [9.17, 15) is 13.2 Å². The monoisotopic (exact) mass is 500 g/mol. The molecule has 4 N–H and O–H groups in total. The first-order valence-electron chi connectivity index (χ1n) is 11.2. The van der Waals surface area contributed by atoms with Crippen LogP contribution in [-0.2, 0) is 15.7 Å². The molecule has 1 heterocycles. The van der Waals surface area contributed by atoms with E-state index in [-0.39, 0.29) is 23.6 Å². The highest BCUT2D eigenvalue weighted by Gasteiger charge is 2.33. The molecule has 35 heavy (non-hydrogen) atoms. The van der Waals surface area contributed by atoms with Crippen LogP contribution in [0.25, 0.3) is 10.9 Å². The van der Waals surface area contributed by atoms with Crippen LogP contribution in [0.3, 0.4) is 0 Å². The number of nitrogens with two attached hydrogens (primary N) is 2. The van der Waals surface area contributed by atoms with Crippen molar-refractivity contribution in [3.8, 4) is 5.75 Å². The van der Waals surface area contributed by atoms with E-state index >= 15 is 0 Å². The number of benzene rings is 1. The number of amides is 1. The minimum absolute atomic E-state index is 0.0834. The second-order valence-electron chi connectivity index (χ2n) is 7.05. The van der Waals surface area contributed by atoms with Crippen molar-refractivity contribution in [2.24, 2.45) is 22.4 Å². The van der Waals surface area contributed by atoms with Crippen LogP contribution >= 0.6 is 0 Å². The van der Waals surface area contributed by atoms with Crippen LogP contribution in [0.4, 0.5) is 13.2 Å². The number of carbonyl (C=O) groups excluding carboxylic acids is 1. The fourth-order valence-electron chi connectivity index (χ4n) is 2.29. The largest absolute Gasteiger partial charge is 0.494 e. The van der Waals surface area contributed by atoms with Crippen LogP contribution in [0.5, 0.6) is 5.75 Å². The Balaban J connectivity index is 0. The number of rotatable bonds is 5. The molecule has 0 aliphatic rings. The Morgan fingerprint density at radius 1 is 1.17 bits per heavy atom. The summed E-state index contributed by atoms with van der Waals surface area (Å²) in [6, 6.07) is 5.44. The molecule has 198 valence electrons. The van der Waals surface area contributed by atoms with Gasteiger partial charge in [-0.1, -0.05) is 41.0 Å². The number of allylic oxidation sites excluding steroid dienone is 1.